The molecule has 0 unspecified atom stereocenters. The Labute approximate surface area is 197 Å². The highest BCUT2D eigenvalue weighted by atomic mass is 16.5. The average molecular weight is 456 g/mol. The van der Waals surface area contributed by atoms with Gasteiger partial charge in [-0.15, -0.1) is 0 Å². The Morgan fingerprint density at radius 3 is 2.18 bits per heavy atom. The number of hydrogen-bond donors (Lipinski definition) is 0. The van der Waals surface area contributed by atoms with E-state index in [2.05, 4.69) is 13.8 Å². The van der Waals surface area contributed by atoms with Crippen LogP contribution < -0.4 is 18.9 Å². The zero-order chi connectivity index (χ0) is 24.0. The van der Waals surface area contributed by atoms with Crippen LogP contribution in [0.5, 0.6) is 23.0 Å². The van der Waals surface area contributed by atoms with E-state index in [4.69, 9.17) is 18.9 Å². The van der Waals surface area contributed by atoms with Crippen LogP contribution in [-0.4, -0.2) is 45.8 Å². The first kappa shape index (κ1) is 24.7. The fourth-order valence-electron chi connectivity index (χ4n) is 4.75. The summed E-state index contributed by atoms with van der Waals surface area (Å²) in [5.41, 5.74) is 3.21. The van der Waals surface area contributed by atoms with Crippen molar-refractivity contribution in [3.63, 3.8) is 0 Å². The smallest absolute Gasteiger partial charge is 0.226 e. The van der Waals surface area contributed by atoms with Gasteiger partial charge in [0.25, 0.3) is 0 Å². The predicted octanol–water partition coefficient (Wildman–Crippen LogP) is 5.41. The number of nitrogens with zero attached hydrogens (tertiary/aromatic N) is 1. The lowest BCUT2D eigenvalue weighted by atomic mass is 9.85. The first-order valence-electron chi connectivity index (χ1n) is 11.8. The molecule has 1 heterocycles. The molecule has 0 radical (unpaired) electrons. The van der Waals surface area contributed by atoms with Gasteiger partial charge in [-0.3, -0.25) is 4.79 Å². The van der Waals surface area contributed by atoms with Crippen LogP contribution in [0, 0.1) is 5.92 Å². The second-order valence-corrected chi connectivity index (χ2v) is 8.45. The number of amides is 1. The Morgan fingerprint density at radius 1 is 0.939 bits per heavy atom. The van der Waals surface area contributed by atoms with E-state index in [0.717, 1.165) is 48.8 Å². The van der Waals surface area contributed by atoms with Crippen molar-refractivity contribution in [2.24, 2.45) is 5.92 Å². The standard InChI is InChI=1S/C27H37NO5/c1-7-9-10-18(8-2)27(29)28-14-13-19-15-24(32-5)25(33-6)17-21(19)26(28)20-11-12-22(30-3)23(16-20)31-4/h11-12,15-18,26H,7-10,13-14H2,1-6H3/t18-,26+/m1/s1. The summed E-state index contributed by atoms with van der Waals surface area (Å²) in [7, 11) is 6.54. The molecule has 0 aliphatic carbocycles. The van der Waals surface area contributed by atoms with Crippen molar-refractivity contribution < 1.29 is 23.7 Å². The van der Waals surface area contributed by atoms with Crippen LogP contribution in [0.1, 0.15) is 62.3 Å². The minimum atomic E-state index is -0.239. The summed E-state index contributed by atoms with van der Waals surface area (Å²) in [5.74, 6) is 2.91. The van der Waals surface area contributed by atoms with Crippen LogP contribution in [0.3, 0.4) is 0 Å². The van der Waals surface area contributed by atoms with E-state index in [1.54, 1.807) is 28.4 Å². The van der Waals surface area contributed by atoms with E-state index >= 15 is 0 Å². The van der Waals surface area contributed by atoms with Gasteiger partial charge in [0, 0.05) is 12.5 Å². The van der Waals surface area contributed by atoms with Gasteiger partial charge in [0.2, 0.25) is 5.91 Å². The third kappa shape index (κ3) is 5.05. The van der Waals surface area contributed by atoms with E-state index < -0.39 is 0 Å². The highest BCUT2D eigenvalue weighted by Crippen LogP contribution is 2.43. The lowest BCUT2D eigenvalue weighted by Crippen LogP contribution is -2.43. The minimum absolute atomic E-state index is 0.0225. The number of carbonyl (C=O) groups excluding carboxylic acids is 1. The Bertz CT molecular complexity index is 958. The molecule has 1 aliphatic heterocycles. The first-order valence-corrected chi connectivity index (χ1v) is 11.8. The molecule has 0 spiro atoms. The molecule has 6 nitrogen and oxygen atoms in total. The summed E-state index contributed by atoms with van der Waals surface area (Å²) >= 11 is 0. The van der Waals surface area contributed by atoms with E-state index in [0.29, 0.717) is 29.5 Å². The molecule has 1 aliphatic rings. The molecule has 3 rings (SSSR count). The summed E-state index contributed by atoms with van der Waals surface area (Å²) in [4.78, 5) is 15.8. The van der Waals surface area contributed by atoms with Crippen LogP contribution in [-0.2, 0) is 11.2 Å². The number of rotatable bonds is 10. The molecule has 2 aromatic carbocycles. The number of hydrogen-bond acceptors (Lipinski definition) is 5. The molecule has 2 atom stereocenters. The normalized spacial score (nSPS) is 16.1. The molecule has 0 saturated carbocycles. The molecule has 0 saturated heterocycles. The van der Waals surface area contributed by atoms with Gasteiger partial charge in [0.15, 0.2) is 23.0 Å². The fourth-order valence-corrected chi connectivity index (χ4v) is 4.75. The van der Waals surface area contributed by atoms with Crippen molar-refractivity contribution in [3.8, 4) is 23.0 Å². The molecule has 6 heteroatoms. The highest BCUT2D eigenvalue weighted by molar-refractivity contribution is 5.80. The highest BCUT2D eigenvalue weighted by Gasteiger charge is 2.36. The zero-order valence-electron chi connectivity index (χ0n) is 20.8. The molecule has 180 valence electrons. The van der Waals surface area contributed by atoms with Gasteiger partial charge in [-0.2, -0.15) is 0 Å². The Kier molecular flexibility index (Phi) is 8.48. The van der Waals surface area contributed by atoms with Crippen molar-refractivity contribution in [2.45, 2.75) is 52.0 Å². The molecular formula is C27H37NO5. The largest absolute Gasteiger partial charge is 0.493 e. The maximum Gasteiger partial charge on any atom is 0.226 e. The van der Waals surface area contributed by atoms with Gasteiger partial charge < -0.3 is 23.8 Å². The van der Waals surface area contributed by atoms with Crippen molar-refractivity contribution in [1.82, 2.24) is 4.90 Å². The maximum absolute atomic E-state index is 13.8. The van der Waals surface area contributed by atoms with Gasteiger partial charge in [-0.05, 0) is 60.2 Å². The number of ether oxygens (including phenoxy) is 4. The van der Waals surface area contributed by atoms with Gasteiger partial charge >= 0.3 is 0 Å². The molecule has 0 fully saturated rings. The maximum atomic E-state index is 13.8. The average Bonchev–Trinajstić information content (AvgIpc) is 2.86. The first-order chi connectivity index (χ1) is 16.0. The summed E-state index contributed by atoms with van der Waals surface area (Å²) in [6.45, 7) is 4.93. The summed E-state index contributed by atoms with van der Waals surface area (Å²) in [6.07, 6.45) is 4.67. The lowest BCUT2D eigenvalue weighted by molar-refractivity contribution is -0.138. The number of carbonyl (C=O) groups is 1. The third-order valence-electron chi connectivity index (χ3n) is 6.63. The number of unbranched alkanes of at least 4 members (excludes halogenated alkanes) is 1. The monoisotopic (exact) mass is 455 g/mol. The quantitative estimate of drug-likeness (QED) is 0.479. The fraction of sp³-hybridized carbons (Fsp3) is 0.519. The predicted molar refractivity (Wildman–Crippen MR) is 130 cm³/mol. The number of methoxy groups -OCH3 is 4. The Balaban J connectivity index is 2.14. The minimum Gasteiger partial charge on any atom is -0.493 e. The second-order valence-electron chi connectivity index (χ2n) is 8.45. The molecule has 33 heavy (non-hydrogen) atoms. The van der Waals surface area contributed by atoms with Crippen LogP contribution in [0.2, 0.25) is 0 Å². The number of benzene rings is 2. The molecule has 2 aromatic rings. The topological polar surface area (TPSA) is 57.2 Å². The summed E-state index contributed by atoms with van der Waals surface area (Å²) in [6, 6.07) is 9.71. The summed E-state index contributed by atoms with van der Waals surface area (Å²) in [5, 5.41) is 0. The van der Waals surface area contributed by atoms with Gasteiger partial charge in [0.05, 0.1) is 34.5 Å². The molecule has 0 aromatic heterocycles. The van der Waals surface area contributed by atoms with Crippen LogP contribution in [0.4, 0.5) is 0 Å². The summed E-state index contributed by atoms with van der Waals surface area (Å²) < 4.78 is 22.2. The molecular weight excluding hydrogens is 418 g/mol. The van der Waals surface area contributed by atoms with Crippen LogP contribution in [0.25, 0.3) is 0 Å². The molecule has 0 bridgehead atoms. The van der Waals surface area contributed by atoms with Gasteiger partial charge in [-0.25, -0.2) is 0 Å². The SMILES string of the molecule is CCCC[C@@H](CC)C(=O)N1CCc2cc(OC)c(OC)cc2[C@@H]1c1ccc(OC)c(OC)c1. The van der Waals surface area contributed by atoms with Crippen molar-refractivity contribution in [2.75, 3.05) is 35.0 Å². The van der Waals surface area contributed by atoms with Crippen molar-refractivity contribution in [1.29, 1.82) is 0 Å². The van der Waals surface area contributed by atoms with Crippen LogP contribution >= 0.6 is 0 Å². The number of fused-ring (bicyclic) bond motifs is 1. The van der Waals surface area contributed by atoms with Crippen LogP contribution in [0.15, 0.2) is 30.3 Å². The Morgan fingerprint density at radius 2 is 1.58 bits per heavy atom. The second kappa shape index (κ2) is 11.3. The van der Waals surface area contributed by atoms with Crippen molar-refractivity contribution in [3.05, 3.63) is 47.0 Å². The van der Waals surface area contributed by atoms with Gasteiger partial charge in [0.1, 0.15) is 0 Å². The molecule has 1 amide bonds. The third-order valence-corrected chi connectivity index (χ3v) is 6.63. The van der Waals surface area contributed by atoms with Gasteiger partial charge in [-0.1, -0.05) is 32.8 Å². The lowest BCUT2D eigenvalue weighted by Gasteiger charge is -2.40. The van der Waals surface area contributed by atoms with E-state index in [1.807, 2.05) is 35.2 Å². The van der Waals surface area contributed by atoms with E-state index in [9.17, 15) is 4.79 Å². The van der Waals surface area contributed by atoms with Crippen molar-refractivity contribution >= 4 is 5.91 Å². The Hall–Kier alpha value is -2.89. The zero-order valence-corrected chi connectivity index (χ0v) is 20.8. The van der Waals surface area contributed by atoms with E-state index in [-0.39, 0.29) is 17.9 Å². The van der Waals surface area contributed by atoms with E-state index in [1.165, 1.54) is 0 Å². The molecule has 0 N–H and O–H groups in total.